The third-order valence-electron chi connectivity index (χ3n) is 4.05. The lowest BCUT2D eigenvalue weighted by molar-refractivity contribution is 0.0793. The van der Waals surface area contributed by atoms with Crippen molar-refractivity contribution in [3.63, 3.8) is 0 Å². The van der Waals surface area contributed by atoms with Gasteiger partial charge in [-0.05, 0) is 38.8 Å². The summed E-state index contributed by atoms with van der Waals surface area (Å²) in [5.41, 5.74) is 2.44. The predicted molar refractivity (Wildman–Crippen MR) is 84.9 cm³/mol. The van der Waals surface area contributed by atoms with Crippen molar-refractivity contribution in [2.24, 2.45) is 0 Å². The molecule has 0 radical (unpaired) electrons. The van der Waals surface area contributed by atoms with Crippen LogP contribution in [-0.2, 0) is 6.54 Å². The molecule has 1 saturated heterocycles. The number of nitrogens with one attached hydrogen (secondary N) is 1. The quantitative estimate of drug-likeness (QED) is 0.942. The fourth-order valence-electron chi connectivity index (χ4n) is 2.70. The zero-order valence-corrected chi connectivity index (χ0v) is 13.1. The van der Waals surface area contributed by atoms with Crippen LogP contribution in [0.1, 0.15) is 40.5 Å². The Morgan fingerprint density at radius 1 is 1.27 bits per heavy atom. The molecule has 0 bridgehead atoms. The normalized spacial score (nSPS) is 14.4. The average Bonchev–Trinajstić information content (AvgIpc) is 3.16. The molecule has 1 N–H and O–H groups in total. The van der Waals surface area contributed by atoms with Gasteiger partial charge >= 0.3 is 0 Å². The average molecular weight is 299 g/mol. The van der Waals surface area contributed by atoms with Crippen LogP contribution in [0.3, 0.4) is 0 Å². The molecule has 0 spiro atoms. The molecular weight excluding hydrogens is 278 g/mol. The molecule has 2 aromatic rings. The van der Waals surface area contributed by atoms with Crippen LogP contribution in [0.4, 0.5) is 5.69 Å². The first kappa shape index (κ1) is 14.6. The maximum atomic E-state index is 12.6. The Labute approximate surface area is 130 Å². The molecule has 1 amide bonds. The second-order valence-corrected chi connectivity index (χ2v) is 5.65. The molecule has 3 rings (SSSR count). The minimum atomic E-state index is 0.0976. The van der Waals surface area contributed by atoms with Gasteiger partial charge in [0.2, 0.25) is 5.89 Å². The smallest absolute Gasteiger partial charge is 0.255 e. The largest absolute Gasteiger partial charge is 0.444 e. The van der Waals surface area contributed by atoms with E-state index in [0.29, 0.717) is 18.0 Å². The van der Waals surface area contributed by atoms with Crippen molar-refractivity contribution in [1.82, 2.24) is 9.88 Å². The number of rotatable bonds is 4. The lowest BCUT2D eigenvalue weighted by Gasteiger charge is -2.18. The number of carbonyl (C=O) groups is 1. The number of hydrogen-bond acceptors (Lipinski definition) is 4. The number of para-hydroxylation sites is 1. The number of oxazole rings is 1. The van der Waals surface area contributed by atoms with Gasteiger partial charge in [0.15, 0.2) is 0 Å². The third kappa shape index (κ3) is 2.98. The van der Waals surface area contributed by atoms with Gasteiger partial charge in [-0.3, -0.25) is 4.79 Å². The van der Waals surface area contributed by atoms with E-state index in [9.17, 15) is 4.79 Å². The molecular formula is C17H21N3O2. The lowest BCUT2D eigenvalue weighted by Crippen LogP contribution is -2.28. The van der Waals surface area contributed by atoms with Crippen molar-refractivity contribution in [3.05, 3.63) is 47.2 Å². The molecule has 0 unspecified atom stereocenters. The maximum Gasteiger partial charge on any atom is 0.255 e. The topological polar surface area (TPSA) is 58.4 Å². The first-order valence-corrected chi connectivity index (χ1v) is 7.70. The number of aryl methyl sites for hydroxylation is 2. The van der Waals surface area contributed by atoms with Crippen molar-refractivity contribution in [3.8, 4) is 0 Å². The van der Waals surface area contributed by atoms with Crippen LogP contribution in [0, 0.1) is 13.8 Å². The van der Waals surface area contributed by atoms with Gasteiger partial charge in [0, 0.05) is 18.8 Å². The van der Waals surface area contributed by atoms with Gasteiger partial charge in [-0.15, -0.1) is 0 Å². The number of likely N-dealkylation sites (tertiary alicyclic amines) is 1. The van der Waals surface area contributed by atoms with Crippen LogP contribution >= 0.6 is 0 Å². The molecule has 116 valence electrons. The first-order chi connectivity index (χ1) is 10.6. The van der Waals surface area contributed by atoms with E-state index >= 15 is 0 Å². The van der Waals surface area contributed by atoms with Gasteiger partial charge in [0.05, 0.1) is 17.8 Å². The van der Waals surface area contributed by atoms with Gasteiger partial charge < -0.3 is 14.6 Å². The summed E-state index contributed by atoms with van der Waals surface area (Å²) in [7, 11) is 0. The van der Waals surface area contributed by atoms with Crippen molar-refractivity contribution >= 4 is 11.6 Å². The standard InChI is InChI=1S/C17H21N3O2/c1-12-13(2)22-16(19-12)11-18-15-8-4-3-7-14(15)17(21)20-9-5-6-10-20/h3-4,7-8,18H,5-6,9-11H2,1-2H3. The number of benzene rings is 1. The van der Waals surface area contributed by atoms with Crippen LogP contribution < -0.4 is 5.32 Å². The van der Waals surface area contributed by atoms with E-state index in [4.69, 9.17) is 4.42 Å². The van der Waals surface area contributed by atoms with E-state index in [1.807, 2.05) is 43.0 Å². The fraction of sp³-hybridized carbons (Fsp3) is 0.412. The molecule has 2 heterocycles. The zero-order chi connectivity index (χ0) is 15.5. The predicted octanol–water partition coefficient (Wildman–Crippen LogP) is 3.14. The Morgan fingerprint density at radius 3 is 2.68 bits per heavy atom. The minimum absolute atomic E-state index is 0.0976. The molecule has 0 saturated carbocycles. The second-order valence-electron chi connectivity index (χ2n) is 5.65. The van der Waals surface area contributed by atoms with Crippen molar-refractivity contribution in [2.45, 2.75) is 33.2 Å². The van der Waals surface area contributed by atoms with Crippen molar-refractivity contribution in [1.29, 1.82) is 0 Å². The highest BCUT2D eigenvalue weighted by atomic mass is 16.4. The molecule has 1 aliphatic rings. The van der Waals surface area contributed by atoms with Crippen molar-refractivity contribution in [2.75, 3.05) is 18.4 Å². The van der Waals surface area contributed by atoms with Gasteiger partial charge in [-0.1, -0.05) is 12.1 Å². The monoisotopic (exact) mass is 299 g/mol. The number of hydrogen-bond donors (Lipinski definition) is 1. The number of aromatic nitrogens is 1. The summed E-state index contributed by atoms with van der Waals surface area (Å²) >= 11 is 0. The number of anilines is 1. The summed E-state index contributed by atoms with van der Waals surface area (Å²) in [6.45, 7) is 6.00. The summed E-state index contributed by atoms with van der Waals surface area (Å²) in [5, 5.41) is 3.27. The van der Waals surface area contributed by atoms with E-state index in [-0.39, 0.29) is 5.91 Å². The first-order valence-electron chi connectivity index (χ1n) is 7.70. The summed E-state index contributed by atoms with van der Waals surface area (Å²) in [4.78, 5) is 18.9. The van der Waals surface area contributed by atoms with Gasteiger partial charge in [-0.25, -0.2) is 4.98 Å². The highest BCUT2D eigenvalue weighted by molar-refractivity contribution is 5.99. The molecule has 1 aliphatic heterocycles. The number of carbonyl (C=O) groups excluding carboxylic acids is 1. The Kier molecular flexibility index (Phi) is 4.13. The molecule has 1 fully saturated rings. The Morgan fingerprint density at radius 2 is 2.00 bits per heavy atom. The van der Waals surface area contributed by atoms with Crippen LogP contribution in [0.2, 0.25) is 0 Å². The Bertz CT molecular complexity index is 653. The van der Waals surface area contributed by atoms with E-state index < -0.39 is 0 Å². The van der Waals surface area contributed by atoms with Gasteiger partial charge in [-0.2, -0.15) is 0 Å². The summed E-state index contributed by atoms with van der Waals surface area (Å²) in [5.74, 6) is 1.57. The summed E-state index contributed by atoms with van der Waals surface area (Å²) < 4.78 is 5.57. The molecule has 0 atom stereocenters. The SMILES string of the molecule is Cc1nc(CNc2ccccc2C(=O)N2CCCC2)oc1C. The Hall–Kier alpha value is -2.30. The molecule has 1 aromatic carbocycles. The van der Waals surface area contributed by atoms with Crippen molar-refractivity contribution < 1.29 is 9.21 Å². The molecule has 1 aromatic heterocycles. The highest BCUT2D eigenvalue weighted by Crippen LogP contribution is 2.21. The van der Waals surface area contributed by atoms with Crippen LogP contribution in [0.15, 0.2) is 28.7 Å². The fourth-order valence-corrected chi connectivity index (χ4v) is 2.70. The van der Waals surface area contributed by atoms with E-state index in [0.717, 1.165) is 43.1 Å². The maximum absolute atomic E-state index is 12.6. The number of amides is 1. The lowest BCUT2D eigenvalue weighted by atomic mass is 10.1. The Balaban J connectivity index is 1.74. The zero-order valence-electron chi connectivity index (χ0n) is 13.1. The van der Waals surface area contributed by atoms with Crippen LogP contribution in [0.5, 0.6) is 0 Å². The van der Waals surface area contributed by atoms with Gasteiger partial charge in [0.1, 0.15) is 5.76 Å². The third-order valence-corrected chi connectivity index (χ3v) is 4.05. The van der Waals surface area contributed by atoms with E-state index in [1.165, 1.54) is 0 Å². The number of nitrogens with zero attached hydrogens (tertiary/aromatic N) is 2. The summed E-state index contributed by atoms with van der Waals surface area (Å²) in [6.07, 6.45) is 2.19. The minimum Gasteiger partial charge on any atom is -0.444 e. The van der Waals surface area contributed by atoms with Crippen LogP contribution in [-0.4, -0.2) is 28.9 Å². The molecule has 0 aliphatic carbocycles. The van der Waals surface area contributed by atoms with Gasteiger partial charge in [0.25, 0.3) is 5.91 Å². The molecule has 5 nitrogen and oxygen atoms in total. The molecule has 22 heavy (non-hydrogen) atoms. The molecule has 5 heteroatoms. The van der Waals surface area contributed by atoms with E-state index in [2.05, 4.69) is 10.3 Å². The highest BCUT2D eigenvalue weighted by Gasteiger charge is 2.21. The second kappa shape index (κ2) is 6.22. The summed E-state index contributed by atoms with van der Waals surface area (Å²) in [6, 6.07) is 7.62. The van der Waals surface area contributed by atoms with Crippen LogP contribution in [0.25, 0.3) is 0 Å². The van der Waals surface area contributed by atoms with E-state index in [1.54, 1.807) is 0 Å².